The van der Waals surface area contributed by atoms with Gasteiger partial charge in [-0.15, -0.1) is 5.10 Å². The van der Waals surface area contributed by atoms with Crippen LogP contribution in [0.15, 0.2) is 59.8 Å². The molecule has 0 saturated heterocycles. The van der Waals surface area contributed by atoms with Crippen molar-refractivity contribution in [2.75, 3.05) is 5.32 Å². The number of non-ortho nitro benzene ring substituents is 1. The fraction of sp³-hybridized carbons (Fsp3) is 0.370. The molecule has 2 aromatic carbocycles. The lowest BCUT2D eigenvalue weighted by molar-refractivity contribution is -0.384. The number of allylic oxidation sites excluding steroid dienone is 2. The van der Waals surface area contributed by atoms with Crippen LogP contribution in [0.25, 0.3) is 11.4 Å². The number of rotatable bonds is 3. The van der Waals surface area contributed by atoms with Crippen molar-refractivity contribution in [3.63, 3.8) is 0 Å². The van der Waals surface area contributed by atoms with Crippen LogP contribution < -0.4 is 5.32 Å². The molecule has 8 nitrogen and oxygen atoms in total. The number of nitro benzene ring substituents is 1. The molecule has 1 N–H and O–H groups in total. The Morgan fingerprint density at radius 3 is 2.31 bits per heavy atom. The van der Waals surface area contributed by atoms with Crippen molar-refractivity contribution < 1.29 is 9.72 Å². The molecule has 2 heterocycles. The first-order chi connectivity index (χ1) is 16.4. The molecular weight excluding hydrogens is 442 g/mol. The fourth-order valence-electron chi connectivity index (χ4n) is 4.94. The van der Waals surface area contributed by atoms with Crippen molar-refractivity contribution in [3.8, 4) is 11.4 Å². The molecule has 1 atom stereocenters. The van der Waals surface area contributed by atoms with Crippen LogP contribution in [0.3, 0.4) is 0 Å². The summed E-state index contributed by atoms with van der Waals surface area (Å²) < 4.78 is 1.74. The highest BCUT2D eigenvalue weighted by Gasteiger charge is 2.42. The second-order valence-corrected chi connectivity index (χ2v) is 11.2. The summed E-state index contributed by atoms with van der Waals surface area (Å²) in [6.07, 6.45) is 1.14. The van der Waals surface area contributed by atoms with Crippen molar-refractivity contribution in [1.29, 1.82) is 0 Å². The number of aromatic nitrogens is 3. The van der Waals surface area contributed by atoms with E-state index in [1.54, 1.807) is 16.8 Å². The molecule has 1 aliphatic carbocycles. The zero-order chi connectivity index (χ0) is 25.1. The number of carbonyl (C=O) groups is 1. The molecule has 1 aliphatic heterocycles. The number of fused-ring (bicyclic) bond motifs is 1. The molecule has 180 valence electrons. The van der Waals surface area contributed by atoms with E-state index in [-0.39, 0.29) is 22.3 Å². The van der Waals surface area contributed by atoms with Gasteiger partial charge in [0.05, 0.1) is 4.92 Å². The molecule has 0 bridgehead atoms. The largest absolute Gasteiger partial charge is 0.328 e. The Labute approximate surface area is 204 Å². The van der Waals surface area contributed by atoms with Crippen molar-refractivity contribution in [2.45, 2.75) is 58.9 Å². The van der Waals surface area contributed by atoms with Crippen LogP contribution in [0.5, 0.6) is 0 Å². The SMILES string of the molecule is CC1(C)CC(=O)C2=C(C1)Nc1nc(-c3ccc(C(C)(C)C)cc3)nn1C2c1ccc([N+](=O)[O-])cc1. The maximum atomic E-state index is 13.4. The molecule has 0 spiro atoms. The highest BCUT2D eigenvalue weighted by Crippen LogP contribution is 2.45. The first-order valence-corrected chi connectivity index (χ1v) is 11.8. The number of ketones is 1. The van der Waals surface area contributed by atoms with Crippen LogP contribution in [-0.4, -0.2) is 25.5 Å². The maximum absolute atomic E-state index is 13.4. The molecule has 1 unspecified atom stereocenters. The molecule has 3 aromatic rings. The highest BCUT2D eigenvalue weighted by atomic mass is 16.6. The minimum atomic E-state index is -0.499. The molecule has 2 aliphatic rings. The van der Waals surface area contributed by atoms with Gasteiger partial charge < -0.3 is 5.32 Å². The van der Waals surface area contributed by atoms with Crippen molar-refractivity contribution in [1.82, 2.24) is 14.8 Å². The van der Waals surface area contributed by atoms with Gasteiger partial charge in [-0.05, 0) is 40.5 Å². The number of hydrogen-bond acceptors (Lipinski definition) is 6. The number of anilines is 1. The van der Waals surface area contributed by atoms with Crippen LogP contribution >= 0.6 is 0 Å². The molecular formula is C27H29N5O3. The number of nitro groups is 1. The summed E-state index contributed by atoms with van der Waals surface area (Å²) in [6.45, 7) is 10.7. The van der Waals surface area contributed by atoms with Crippen molar-refractivity contribution in [2.24, 2.45) is 5.41 Å². The molecule has 5 rings (SSSR count). The van der Waals surface area contributed by atoms with E-state index in [4.69, 9.17) is 10.1 Å². The predicted octanol–water partition coefficient (Wildman–Crippen LogP) is 5.81. The van der Waals surface area contributed by atoms with Gasteiger partial charge >= 0.3 is 0 Å². The third-order valence-electron chi connectivity index (χ3n) is 6.76. The number of carbonyl (C=O) groups excluding carboxylic acids is 1. The summed E-state index contributed by atoms with van der Waals surface area (Å²) in [6, 6.07) is 14.1. The van der Waals surface area contributed by atoms with E-state index in [9.17, 15) is 14.9 Å². The van der Waals surface area contributed by atoms with E-state index in [1.165, 1.54) is 17.7 Å². The predicted molar refractivity (Wildman–Crippen MR) is 134 cm³/mol. The van der Waals surface area contributed by atoms with Gasteiger partial charge in [-0.1, -0.05) is 58.9 Å². The van der Waals surface area contributed by atoms with E-state index >= 15 is 0 Å². The Balaban J connectivity index is 1.62. The number of nitrogens with one attached hydrogen (secondary N) is 1. The fourth-order valence-corrected chi connectivity index (χ4v) is 4.94. The molecule has 0 saturated carbocycles. The lowest BCUT2D eigenvalue weighted by atomic mass is 9.73. The van der Waals surface area contributed by atoms with Crippen LogP contribution in [-0.2, 0) is 10.2 Å². The second kappa shape index (κ2) is 7.86. The zero-order valence-electron chi connectivity index (χ0n) is 20.6. The number of benzene rings is 2. The minimum Gasteiger partial charge on any atom is -0.328 e. The first kappa shape index (κ1) is 23.0. The molecule has 0 radical (unpaired) electrons. The highest BCUT2D eigenvalue weighted by molar-refractivity contribution is 6.00. The van der Waals surface area contributed by atoms with E-state index in [2.05, 4.69) is 52.1 Å². The third-order valence-corrected chi connectivity index (χ3v) is 6.76. The topological polar surface area (TPSA) is 103 Å². The Morgan fingerprint density at radius 2 is 1.71 bits per heavy atom. The lowest BCUT2D eigenvalue weighted by Crippen LogP contribution is -2.36. The molecule has 0 fully saturated rings. The monoisotopic (exact) mass is 471 g/mol. The van der Waals surface area contributed by atoms with Crippen molar-refractivity contribution >= 4 is 17.4 Å². The number of Topliss-reactive ketones (excluding diaryl/α,β-unsaturated/α-hetero) is 1. The zero-order valence-corrected chi connectivity index (χ0v) is 20.6. The summed E-state index contributed by atoms with van der Waals surface area (Å²) in [7, 11) is 0. The van der Waals surface area contributed by atoms with Crippen LogP contribution in [0, 0.1) is 15.5 Å². The Hall–Kier alpha value is -3.81. The summed E-state index contributed by atoms with van der Waals surface area (Å²) in [5.41, 5.74) is 4.25. The van der Waals surface area contributed by atoms with Crippen molar-refractivity contribution in [3.05, 3.63) is 81.0 Å². The summed E-state index contributed by atoms with van der Waals surface area (Å²) in [5, 5.41) is 19.4. The van der Waals surface area contributed by atoms with Gasteiger partial charge in [0.25, 0.3) is 5.69 Å². The third kappa shape index (κ3) is 4.13. The molecule has 1 aromatic heterocycles. The Morgan fingerprint density at radius 1 is 1.06 bits per heavy atom. The lowest BCUT2D eigenvalue weighted by Gasteiger charge is -2.38. The van der Waals surface area contributed by atoms with Gasteiger partial charge in [0.2, 0.25) is 5.95 Å². The maximum Gasteiger partial charge on any atom is 0.269 e. The van der Waals surface area contributed by atoms with E-state index in [0.717, 1.165) is 16.8 Å². The standard InChI is InChI=1S/C27H29N5O3/c1-26(2,3)18-10-6-17(7-11-18)24-29-25-28-20-14-27(4,5)15-21(33)22(20)23(31(25)30-24)16-8-12-19(13-9-16)32(34)35/h6-13,23H,14-15H2,1-5H3,(H,28,29,30). The van der Waals surface area contributed by atoms with Gasteiger partial charge in [0.1, 0.15) is 6.04 Å². The second-order valence-electron chi connectivity index (χ2n) is 11.2. The molecule has 0 amide bonds. The van der Waals surface area contributed by atoms with E-state index in [1.807, 2.05) is 12.1 Å². The average molecular weight is 472 g/mol. The van der Waals surface area contributed by atoms with Gasteiger partial charge in [-0.2, -0.15) is 4.98 Å². The summed E-state index contributed by atoms with van der Waals surface area (Å²) in [5.74, 6) is 1.18. The summed E-state index contributed by atoms with van der Waals surface area (Å²) >= 11 is 0. The van der Waals surface area contributed by atoms with E-state index < -0.39 is 11.0 Å². The van der Waals surface area contributed by atoms with Gasteiger partial charge in [0.15, 0.2) is 11.6 Å². The number of hydrogen-bond donors (Lipinski definition) is 1. The Bertz CT molecular complexity index is 1360. The minimum absolute atomic E-state index is 0.00596. The molecule has 35 heavy (non-hydrogen) atoms. The van der Waals surface area contributed by atoms with Gasteiger partial charge in [-0.3, -0.25) is 14.9 Å². The number of nitrogens with zero attached hydrogens (tertiary/aromatic N) is 4. The smallest absolute Gasteiger partial charge is 0.269 e. The van der Waals surface area contributed by atoms with Gasteiger partial charge in [-0.25, -0.2) is 4.68 Å². The first-order valence-electron chi connectivity index (χ1n) is 11.8. The van der Waals surface area contributed by atoms with E-state index in [0.29, 0.717) is 30.2 Å². The van der Waals surface area contributed by atoms with Crippen LogP contribution in [0.2, 0.25) is 0 Å². The quantitative estimate of drug-likeness (QED) is 0.382. The van der Waals surface area contributed by atoms with Gasteiger partial charge in [0, 0.05) is 35.4 Å². The Kier molecular flexibility index (Phi) is 5.16. The van der Waals surface area contributed by atoms with Crippen LogP contribution in [0.1, 0.15) is 64.6 Å². The average Bonchev–Trinajstić information content (AvgIpc) is 3.20. The summed E-state index contributed by atoms with van der Waals surface area (Å²) in [4.78, 5) is 28.9. The van der Waals surface area contributed by atoms with Crippen LogP contribution in [0.4, 0.5) is 11.6 Å². The molecule has 8 heteroatoms. The normalized spacial score (nSPS) is 19.1.